The van der Waals surface area contributed by atoms with Crippen molar-refractivity contribution in [3.05, 3.63) is 28.8 Å². The van der Waals surface area contributed by atoms with Crippen LogP contribution in [0, 0.1) is 6.92 Å². The monoisotopic (exact) mass is 272 g/mol. The van der Waals surface area contributed by atoms with Crippen LogP contribution in [0.15, 0.2) is 12.1 Å². The molecule has 0 spiro atoms. The zero-order valence-electron chi connectivity index (χ0n) is 13.6. The standard InChI is InChI=1S/C18H28N2/c1-13-14-6-7-15-16(13)20(11-9-18(15,4)5)12-19-10-8-17(14,2)3/h6-7,19H,8-12H2,1-5H3. The molecule has 2 aliphatic rings. The number of nitrogens with zero attached hydrogens (tertiary/aromatic N) is 1. The number of rotatable bonds is 0. The number of nitrogens with one attached hydrogen (secondary N) is 1. The fourth-order valence-electron chi connectivity index (χ4n) is 3.96. The Morgan fingerprint density at radius 1 is 1.00 bits per heavy atom. The van der Waals surface area contributed by atoms with Crippen LogP contribution >= 0.6 is 0 Å². The predicted octanol–water partition coefficient (Wildman–Crippen LogP) is 3.71. The molecule has 2 nitrogen and oxygen atoms in total. The van der Waals surface area contributed by atoms with Gasteiger partial charge in [-0.1, -0.05) is 39.8 Å². The molecule has 110 valence electrons. The van der Waals surface area contributed by atoms with Gasteiger partial charge in [0, 0.05) is 12.2 Å². The van der Waals surface area contributed by atoms with E-state index in [1.807, 2.05) is 0 Å². The highest BCUT2D eigenvalue weighted by Crippen LogP contribution is 2.45. The second-order valence-electron chi connectivity index (χ2n) is 7.82. The molecule has 0 aromatic heterocycles. The first-order chi connectivity index (χ1) is 9.33. The minimum atomic E-state index is 0.254. The lowest BCUT2D eigenvalue weighted by Crippen LogP contribution is -2.42. The second-order valence-corrected chi connectivity index (χ2v) is 7.82. The molecule has 2 bridgehead atoms. The third kappa shape index (κ3) is 2.05. The van der Waals surface area contributed by atoms with Gasteiger partial charge in [0.1, 0.15) is 0 Å². The molecule has 1 aromatic carbocycles. The van der Waals surface area contributed by atoms with E-state index in [2.05, 4.69) is 57.0 Å². The molecule has 2 heteroatoms. The maximum Gasteiger partial charge on any atom is 0.0682 e. The van der Waals surface area contributed by atoms with E-state index in [-0.39, 0.29) is 5.41 Å². The zero-order chi connectivity index (χ0) is 14.5. The Hall–Kier alpha value is -1.02. The van der Waals surface area contributed by atoms with Gasteiger partial charge in [-0.05, 0) is 53.8 Å². The average Bonchev–Trinajstić information content (AvgIpc) is 2.39. The van der Waals surface area contributed by atoms with Crippen molar-refractivity contribution in [2.75, 3.05) is 24.7 Å². The molecule has 20 heavy (non-hydrogen) atoms. The minimum absolute atomic E-state index is 0.254. The van der Waals surface area contributed by atoms with Crippen LogP contribution in [-0.4, -0.2) is 19.8 Å². The summed E-state index contributed by atoms with van der Waals surface area (Å²) >= 11 is 0. The Labute approximate surface area is 123 Å². The number of hydrogen-bond donors (Lipinski definition) is 1. The van der Waals surface area contributed by atoms with Gasteiger partial charge in [-0.15, -0.1) is 0 Å². The highest BCUT2D eigenvalue weighted by atomic mass is 15.2. The molecule has 2 aliphatic heterocycles. The van der Waals surface area contributed by atoms with Crippen LogP contribution in [0.1, 0.15) is 57.2 Å². The van der Waals surface area contributed by atoms with Gasteiger partial charge in [0.25, 0.3) is 0 Å². The van der Waals surface area contributed by atoms with Crippen molar-refractivity contribution >= 4 is 5.69 Å². The molecule has 0 atom stereocenters. The first-order valence-corrected chi connectivity index (χ1v) is 7.93. The number of hydrogen-bond acceptors (Lipinski definition) is 2. The van der Waals surface area contributed by atoms with Gasteiger partial charge in [-0.3, -0.25) is 5.32 Å². The fourth-order valence-corrected chi connectivity index (χ4v) is 3.96. The Balaban J connectivity index is 2.24. The van der Waals surface area contributed by atoms with E-state index in [0.29, 0.717) is 5.41 Å². The third-order valence-electron chi connectivity index (χ3n) is 5.44. The topological polar surface area (TPSA) is 15.3 Å². The van der Waals surface area contributed by atoms with Crippen molar-refractivity contribution in [3.8, 4) is 0 Å². The summed E-state index contributed by atoms with van der Waals surface area (Å²) in [5, 5.41) is 3.64. The third-order valence-corrected chi connectivity index (χ3v) is 5.44. The SMILES string of the molecule is Cc1c2ccc3c1N(CCC3(C)C)CNCCC2(C)C. The van der Waals surface area contributed by atoms with E-state index in [0.717, 1.165) is 19.8 Å². The fraction of sp³-hybridized carbons (Fsp3) is 0.667. The molecular weight excluding hydrogens is 244 g/mol. The Bertz CT molecular complexity index is 528. The van der Waals surface area contributed by atoms with Gasteiger partial charge >= 0.3 is 0 Å². The Morgan fingerprint density at radius 2 is 1.65 bits per heavy atom. The van der Waals surface area contributed by atoms with Gasteiger partial charge in [0.2, 0.25) is 0 Å². The lowest BCUT2D eigenvalue weighted by molar-refractivity contribution is 0.441. The van der Waals surface area contributed by atoms with Gasteiger partial charge < -0.3 is 4.90 Å². The normalized spacial score (nSPS) is 23.8. The molecule has 0 fully saturated rings. The molecule has 1 aromatic rings. The highest BCUT2D eigenvalue weighted by Gasteiger charge is 2.35. The van der Waals surface area contributed by atoms with Crippen LogP contribution in [0.3, 0.4) is 0 Å². The summed E-state index contributed by atoms with van der Waals surface area (Å²) in [5.41, 5.74) is 6.62. The molecule has 0 unspecified atom stereocenters. The number of fused-ring (bicyclic) bond motifs is 1. The van der Waals surface area contributed by atoms with E-state index < -0.39 is 0 Å². The van der Waals surface area contributed by atoms with E-state index in [4.69, 9.17) is 0 Å². The first-order valence-electron chi connectivity index (χ1n) is 7.93. The van der Waals surface area contributed by atoms with Crippen LogP contribution in [0.5, 0.6) is 0 Å². The van der Waals surface area contributed by atoms with E-state index in [1.54, 1.807) is 0 Å². The number of benzene rings is 1. The summed E-state index contributed by atoms with van der Waals surface area (Å²) in [6, 6.07) is 4.79. The number of anilines is 1. The molecule has 0 radical (unpaired) electrons. The minimum Gasteiger partial charge on any atom is -0.358 e. The van der Waals surface area contributed by atoms with Gasteiger partial charge in [-0.25, -0.2) is 0 Å². The van der Waals surface area contributed by atoms with E-state index >= 15 is 0 Å². The summed E-state index contributed by atoms with van der Waals surface area (Å²) in [4.78, 5) is 2.56. The van der Waals surface area contributed by atoms with E-state index in [1.165, 1.54) is 35.2 Å². The molecule has 0 aliphatic carbocycles. The largest absolute Gasteiger partial charge is 0.358 e. The predicted molar refractivity (Wildman–Crippen MR) is 86.7 cm³/mol. The second kappa shape index (κ2) is 4.49. The van der Waals surface area contributed by atoms with E-state index in [9.17, 15) is 0 Å². The summed E-state index contributed by atoms with van der Waals surface area (Å²) < 4.78 is 0. The van der Waals surface area contributed by atoms with Crippen molar-refractivity contribution in [1.29, 1.82) is 0 Å². The van der Waals surface area contributed by atoms with Gasteiger partial charge in [0.15, 0.2) is 0 Å². The lowest BCUT2D eigenvalue weighted by atomic mass is 9.73. The lowest BCUT2D eigenvalue weighted by Gasteiger charge is -2.42. The quantitative estimate of drug-likeness (QED) is 0.774. The van der Waals surface area contributed by atoms with Gasteiger partial charge in [0.05, 0.1) is 6.67 Å². The molecule has 3 rings (SSSR count). The van der Waals surface area contributed by atoms with Crippen LogP contribution in [0.2, 0.25) is 0 Å². The maximum absolute atomic E-state index is 3.64. The van der Waals surface area contributed by atoms with Crippen molar-refractivity contribution in [2.24, 2.45) is 0 Å². The first kappa shape index (κ1) is 13.9. The molecular formula is C18H28N2. The molecule has 0 amide bonds. The Morgan fingerprint density at radius 3 is 2.40 bits per heavy atom. The summed E-state index contributed by atoms with van der Waals surface area (Å²) in [7, 11) is 0. The summed E-state index contributed by atoms with van der Waals surface area (Å²) in [6.07, 6.45) is 2.44. The molecule has 2 heterocycles. The summed E-state index contributed by atoms with van der Waals surface area (Å²) in [5.74, 6) is 0. The van der Waals surface area contributed by atoms with Crippen molar-refractivity contribution < 1.29 is 0 Å². The molecule has 0 saturated heterocycles. The smallest absolute Gasteiger partial charge is 0.0682 e. The molecule has 0 saturated carbocycles. The average molecular weight is 272 g/mol. The Kier molecular flexibility index (Phi) is 3.13. The maximum atomic E-state index is 3.64. The van der Waals surface area contributed by atoms with Crippen LogP contribution in [0.4, 0.5) is 5.69 Å². The van der Waals surface area contributed by atoms with Crippen molar-refractivity contribution in [2.45, 2.75) is 58.3 Å². The van der Waals surface area contributed by atoms with Crippen molar-refractivity contribution in [3.63, 3.8) is 0 Å². The van der Waals surface area contributed by atoms with Crippen molar-refractivity contribution in [1.82, 2.24) is 5.32 Å². The van der Waals surface area contributed by atoms with Crippen LogP contribution < -0.4 is 10.2 Å². The summed E-state index contributed by atoms with van der Waals surface area (Å²) in [6.45, 7) is 15.1. The van der Waals surface area contributed by atoms with Crippen LogP contribution in [0.25, 0.3) is 0 Å². The van der Waals surface area contributed by atoms with Crippen LogP contribution in [-0.2, 0) is 10.8 Å². The molecule has 1 N–H and O–H groups in total. The van der Waals surface area contributed by atoms with Gasteiger partial charge in [-0.2, -0.15) is 0 Å². The highest BCUT2D eigenvalue weighted by molar-refractivity contribution is 5.66. The zero-order valence-corrected chi connectivity index (χ0v) is 13.6.